The monoisotopic (exact) mass is 344 g/mol. The van der Waals surface area contributed by atoms with Crippen LogP contribution in [0.2, 0.25) is 0 Å². The van der Waals surface area contributed by atoms with Crippen molar-refractivity contribution < 1.29 is 14.4 Å². The summed E-state index contributed by atoms with van der Waals surface area (Å²) in [5, 5.41) is 2.86. The van der Waals surface area contributed by atoms with Gasteiger partial charge in [0.1, 0.15) is 6.04 Å². The standard InChI is InChI=1S/C18H24N4O3/c1-11(2)9-12-10-14(21-20-12)18(25)19-13-5-3-4-6-15(13)22-16(23)7-8-17(22)24/h3-6,11-12,14,20-21H,7-10H2,1-2H3,(H,19,25). The molecule has 0 radical (unpaired) electrons. The molecule has 0 aliphatic carbocycles. The molecule has 0 aromatic heterocycles. The molecule has 2 fully saturated rings. The predicted molar refractivity (Wildman–Crippen MR) is 94.7 cm³/mol. The van der Waals surface area contributed by atoms with Crippen LogP contribution >= 0.6 is 0 Å². The third-order valence-electron chi connectivity index (χ3n) is 4.51. The molecule has 3 N–H and O–H groups in total. The van der Waals surface area contributed by atoms with Gasteiger partial charge in [-0.05, 0) is 30.9 Å². The van der Waals surface area contributed by atoms with Crippen molar-refractivity contribution in [3.63, 3.8) is 0 Å². The van der Waals surface area contributed by atoms with Crippen molar-refractivity contribution in [2.45, 2.75) is 51.6 Å². The largest absolute Gasteiger partial charge is 0.323 e. The molecule has 1 aromatic carbocycles. The zero-order valence-corrected chi connectivity index (χ0v) is 14.5. The lowest BCUT2D eigenvalue weighted by Gasteiger charge is -2.19. The number of benzene rings is 1. The molecule has 134 valence electrons. The number of hydrazine groups is 1. The van der Waals surface area contributed by atoms with E-state index in [1.807, 2.05) is 0 Å². The van der Waals surface area contributed by atoms with Crippen LogP contribution in [0, 0.1) is 5.92 Å². The Morgan fingerprint density at radius 3 is 2.56 bits per heavy atom. The summed E-state index contributed by atoms with van der Waals surface area (Å²) >= 11 is 0. The summed E-state index contributed by atoms with van der Waals surface area (Å²) in [6, 6.07) is 6.82. The first-order chi connectivity index (χ1) is 12.0. The van der Waals surface area contributed by atoms with Gasteiger partial charge < -0.3 is 5.32 Å². The first-order valence-electron chi connectivity index (χ1n) is 8.72. The Morgan fingerprint density at radius 1 is 1.20 bits per heavy atom. The Morgan fingerprint density at radius 2 is 1.88 bits per heavy atom. The van der Waals surface area contributed by atoms with Gasteiger partial charge >= 0.3 is 0 Å². The average Bonchev–Trinajstić information content (AvgIpc) is 3.15. The zero-order chi connectivity index (χ0) is 18.0. The van der Waals surface area contributed by atoms with Crippen molar-refractivity contribution >= 4 is 29.1 Å². The van der Waals surface area contributed by atoms with Crippen molar-refractivity contribution in [1.29, 1.82) is 0 Å². The third-order valence-corrected chi connectivity index (χ3v) is 4.51. The van der Waals surface area contributed by atoms with Crippen molar-refractivity contribution in [3.05, 3.63) is 24.3 Å². The summed E-state index contributed by atoms with van der Waals surface area (Å²) in [5.74, 6) is -0.0898. The predicted octanol–water partition coefficient (Wildman–Crippen LogP) is 1.56. The molecular formula is C18H24N4O3. The fraction of sp³-hybridized carbons (Fsp3) is 0.500. The molecular weight excluding hydrogens is 320 g/mol. The molecule has 2 unspecified atom stereocenters. The van der Waals surface area contributed by atoms with Gasteiger partial charge in [0, 0.05) is 18.9 Å². The van der Waals surface area contributed by atoms with Crippen LogP contribution in [-0.2, 0) is 14.4 Å². The molecule has 2 aliphatic rings. The SMILES string of the molecule is CC(C)CC1CC(C(=O)Nc2ccccc2N2C(=O)CCC2=O)NN1. The third kappa shape index (κ3) is 3.88. The van der Waals surface area contributed by atoms with Crippen molar-refractivity contribution in [2.24, 2.45) is 5.92 Å². The minimum atomic E-state index is -0.346. The van der Waals surface area contributed by atoms with Crippen LogP contribution in [0.25, 0.3) is 0 Å². The number of hydrogen-bond acceptors (Lipinski definition) is 5. The number of carbonyl (C=O) groups is 3. The summed E-state index contributed by atoms with van der Waals surface area (Å²) in [6.45, 7) is 4.30. The fourth-order valence-electron chi connectivity index (χ4n) is 3.36. The Bertz CT molecular complexity index is 673. The quantitative estimate of drug-likeness (QED) is 0.705. The topological polar surface area (TPSA) is 90.5 Å². The van der Waals surface area contributed by atoms with E-state index in [0.29, 0.717) is 23.7 Å². The molecule has 2 aliphatic heterocycles. The lowest BCUT2D eigenvalue weighted by molar-refractivity contribution is -0.121. The molecule has 0 saturated carbocycles. The van der Waals surface area contributed by atoms with Crippen LogP contribution in [0.4, 0.5) is 11.4 Å². The number of amides is 3. The first-order valence-corrected chi connectivity index (χ1v) is 8.72. The van der Waals surface area contributed by atoms with E-state index in [-0.39, 0.29) is 42.6 Å². The highest BCUT2D eigenvalue weighted by Gasteiger charge is 2.33. The van der Waals surface area contributed by atoms with Crippen LogP contribution < -0.4 is 21.1 Å². The second-order valence-corrected chi connectivity index (χ2v) is 7.03. The van der Waals surface area contributed by atoms with E-state index in [2.05, 4.69) is 30.0 Å². The van der Waals surface area contributed by atoms with Crippen molar-refractivity contribution in [3.8, 4) is 0 Å². The van der Waals surface area contributed by atoms with Crippen molar-refractivity contribution in [1.82, 2.24) is 10.9 Å². The molecule has 2 atom stereocenters. The number of carbonyl (C=O) groups excluding carboxylic acids is 3. The summed E-state index contributed by atoms with van der Waals surface area (Å²) in [5.41, 5.74) is 7.10. The van der Waals surface area contributed by atoms with Crippen LogP contribution in [0.15, 0.2) is 24.3 Å². The number of para-hydroxylation sites is 2. The van der Waals surface area contributed by atoms with Crippen molar-refractivity contribution in [2.75, 3.05) is 10.2 Å². The van der Waals surface area contributed by atoms with E-state index in [0.717, 1.165) is 11.3 Å². The number of hydrogen-bond donors (Lipinski definition) is 3. The van der Waals surface area contributed by atoms with Gasteiger partial charge in [-0.25, -0.2) is 10.3 Å². The smallest absolute Gasteiger partial charge is 0.242 e. The number of nitrogens with zero attached hydrogens (tertiary/aromatic N) is 1. The van der Waals surface area contributed by atoms with Crippen LogP contribution in [0.3, 0.4) is 0 Å². The second kappa shape index (κ2) is 7.33. The molecule has 7 nitrogen and oxygen atoms in total. The van der Waals surface area contributed by atoms with Crippen LogP contribution in [0.5, 0.6) is 0 Å². The lowest BCUT2D eigenvalue weighted by Crippen LogP contribution is -2.40. The highest BCUT2D eigenvalue weighted by atomic mass is 16.2. The van der Waals surface area contributed by atoms with E-state index in [9.17, 15) is 14.4 Å². The zero-order valence-electron chi connectivity index (χ0n) is 14.5. The molecule has 3 rings (SSSR count). The molecule has 7 heteroatoms. The Kier molecular flexibility index (Phi) is 5.15. The van der Waals surface area contributed by atoms with Crippen LogP contribution in [0.1, 0.15) is 39.5 Å². The Balaban J connectivity index is 1.70. The maximum Gasteiger partial charge on any atom is 0.242 e. The minimum absolute atomic E-state index is 0.176. The van der Waals surface area contributed by atoms with Gasteiger partial charge in [0.05, 0.1) is 11.4 Å². The van der Waals surface area contributed by atoms with Gasteiger partial charge in [0.15, 0.2) is 0 Å². The summed E-state index contributed by atoms with van der Waals surface area (Å²) < 4.78 is 0. The number of nitrogens with one attached hydrogen (secondary N) is 3. The van der Waals surface area contributed by atoms with Gasteiger partial charge in [0.25, 0.3) is 0 Å². The molecule has 2 saturated heterocycles. The van der Waals surface area contributed by atoms with E-state index in [1.54, 1.807) is 24.3 Å². The molecule has 0 bridgehead atoms. The maximum atomic E-state index is 12.6. The van der Waals surface area contributed by atoms with E-state index in [4.69, 9.17) is 0 Å². The van der Waals surface area contributed by atoms with Gasteiger partial charge in [-0.1, -0.05) is 26.0 Å². The van der Waals surface area contributed by atoms with E-state index < -0.39 is 0 Å². The summed E-state index contributed by atoms with van der Waals surface area (Å²) in [4.78, 5) is 37.7. The fourth-order valence-corrected chi connectivity index (χ4v) is 3.36. The molecule has 0 spiro atoms. The minimum Gasteiger partial charge on any atom is -0.323 e. The summed E-state index contributed by atoms with van der Waals surface area (Å²) in [7, 11) is 0. The maximum absolute atomic E-state index is 12.6. The molecule has 25 heavy (non-hydrogen) atoms. The lowest BCUT2D eigenvalue weighted by atomic mass is 10.00. The molecule has 2 heterocycles. The Hall–Kier alpha value is -2.25. The van der Waals surface area contributed by atoms with E-state index in [1.165, 1.54) is 0 Å². The first kappa shape index (κ1) is 17.6. The number of rotatable bonds is 5. The second-order valence-electron chi connectivity index (χ2n) is 7.03. The van der Waals surface area contributed by atoms with Gasteiger partial charge in [-0.2, -0.15) is 0 Å². The normalized spacial score (nSPS) is 23.6. The highest BCUT2D eigenvalue weighted by molar-refractivity contribution is 6.21. The Labute approximate surface area is 147 Å². The van der Waals surface area contributed by atoms with Gasteiger partial charge in [-0.15, -0.1) is 0 Å². The summed E-state index contributed by atoms with van der Waals surface area (Å²) in [6.07, 6.45) is 2.12. The molecule has 1 aromatic rings. The van der Waals surface area contributed by atoms with E-state index >= 15 is 0 Å². The van der Waals surface area contributed by atoms with Crippen LogP contribution in [-0.4, -0.2) is 29.8 Å². The number of anilines is 2. The number of imide groups is 1. The van der Waals surface area contributed by atoms with Gasteiger partial charge in [-0.3, -0.25) is 19.8 Å². The highest BCUT2D eigenvalue weighted by Crippen LogP contribution is 2.30. The molecule has 3 amide bonds. The average molecular weight is 344 g/mol. The van der Waals surface area contributed by atoms with Gasteiger partial charge in [0.2, 0.25) is 17.7 Å².